The molecule has 0 saturated carbocycles. The van der Waals surface area contributed by atoms with Crippen LogP contribution in [0.3, 0.4) is 0 Å². The Balaban J connectivity index is 2.65. The Morgan fingerprint density at radius 1 is 1.29 bits per heavy atom. The molecule has 0 aromatic carbocycles. The van der Waals surface area contributed by atoms with Crippen LogP contribution in [0, 0.1) is 5.92 Å². The molecule has 0 radical (unpaired) electrons. The molecule has 0 fully saturated rings. The first-order valence-electron chi connectivity index (χ1n) is 6.04. The highest BCUT2D eigenvalue weighted by Crippen LogP contribution is 2.21. The van der Waals surface area contributed by atoms with E-state index < -0.39 is 12.2 Å². The highest BCUT2D eigenvalue weighted by Gasteiger charge is 2.24. The number of rotatable bonds is 6. The van der Waals surface area contributed by atoms with Crippen LogP contribution in [-0.4, -0.2) is 27.4 Å². The molecule has 3 nitrogen and oxygen atoms in total. The lowest BCUT2D eigenvalue weighted by molar-refractivity contribution is -0.0187. The van der Waals surface area contributed by atoms with Gasteiger partial charge < -0.3 is 10.2 Å². The molecule has 0 saturated heterocycles. The van der Waals surface area contributed by atoms with E-state index in [1.165, 1.54) is 0 Å². The van der Waals surface area contributed by atoms with Crippen molar-refractivity contribution in [2.75, 3.05) is 0 Å². The van der Waals surface area contributed by atoms with E-state index in [1.54, 1.807) is 18.5 Å². The van der Waals surface area contributed by atoms with E-state index in [2.05, 4.69) is 4.98 Å². The molecule has 0 aliphatic rings. The van der Waals surface area contributed by atoms with E-state index in [0.717, 1.165) is 18.4 Å². The molecule has 96 valence electrons. The topological polar surface area (TPSA) is 53.4 Å². The number of halogens is 1. The minimum Gasteiger partial charge on any atom is -0.390 e. The van der Waals surface area contributed by atoms with Crippen LogP contribution in [-0.2, 0) is 6.42 Å². The maximum atomic E-state index is 10.0. The second-order valence-electron chi connectivity index (χ2n) is 4.31. The number of hydrogen-bond acceptors (Lipinski definition) is 3. The van der Waals surface area contributed by atoms with Crippen molar-refractivity contribution in [1.29, 1.82) is 0 Å². The minimum atomic E-state index is -0.778. The molecule has 0 aliphatic heterocycles. The van der Waals surface area contributed by atoms with E-state index in [1.807, 2.05) is 13.8 Å². The van der Waals surface area contributed by atoms with Gasteiger partial charge in [0.2, 0.25) is 0 Å². The van der Waals surface area contributed by atoms with Crippen LogP contribution in [0.15, 0.2) is 18.5 Å². The molecule has 2 atom stereocenters. The summed E-state index contributed by atoms with van der Waals surface area (Å²) in [6.45, 7) is 4.03. The number of pyridine rings is 1. The number of aliphatic hydroxyl groups excluding tert-OH is 2. The highest BCUT2D eigenvalue weighted by atomic mass is 35.5. The Morgan fingerprint density at radius 3 is 2.47 bits per heavy atom. The van der Waals surface area contributed by atoms with E-state index >= 15 is 0 Å². The Kier molecular flexibility index (Phi) is 5.89. The van der Waals surface area contributed by atoms with Gasteiger partial charge in [0.05, 0.1) is 17.2 Å². The normalized spacial score (nSPS) is 14.9. The summed E-state index contributed by atoms with van der Waals surface area (Å²) in [6, 6.07) is 1.77. The molecule has 17 heavy (non-hydrogen) atoms. The minimum absolute atomic E-state index is 0.130. The molecule has 0 aliphatic carbocycles. The number of nitrogens with zero attached hydrogens (tertiary/aromatic N) is 1. The van der Waals surface area contributed by atoms with Gasteiger partial charge in [-0.25, -0.2) is 0 Å². The SMILES string of the molecule is CCC(CC)C(O)C(O)Cc1ccncc1Cl. The first-order chi connectivity index (χ1) is 8.10. The summed E-state index contributed by atoms with van der Waals surface area (Å²) >= 11 is 5.97. The zero-order chi connectivity index (χ0) is 12.8. The molecular formula is C13H20ClNO2. The summed E-state index contributed by atoms with van der Waals surface area (Å²) in [7, 11) is 0. The lowest BCUT2D eigenvalue weighted by Crippen LogP contribution is -2.34. The fourth-order valence-electron chi connectivity index (χ4n) is 2.00. The lowest BCUT2D eigenvalue weighted by atomic mass is 9.90. The molecule has 1 rings (SSSR count). The third-order valence-corrected chi connectivity index (χ3v) is 3.55. The maximum absolute atomic E-state index is 10.0. The first kappa shape index (κ1) is 14.4. The molecule has 1 heterocycles. The summed E-state index contributed by atoms with van der Waals surface area (Å²) in [5, 5.41) is 20.6. The Morgan fingerprint density at radius 2 is 1.94 bits per heavy atom. The van der Waals surface area contributed by atoms with Gasteiger partial charge in [-0.05, 0) is 17.5 Å². The monoisotopic (exact) mass is 257 g/mol. The third kappa shape index (κ3) is 3.95. The van der Waals surface area contributed by atoms with Gasteiger partial charge in [-0.3, -0.25) is 4.98 Å². The molecule has 0 bridgehead atoms. The van der Waals surface area contributed by atoms with Crippen molar-refractivity contribution >= 4 is 11.6 Å². The van der Waals surface area contributed by atoms with E-state index in [-0.39, 0.29) is 5.92 Å². The van der Waals surface area contributed by atoms with Crippen LogP contribution in [0.25, 0.3) is 0 Å². The zero-order valence-electron chi connectivity index (χ0n) is 10.3. The van der Waals surface area contributed by atoms with Gasteiger partial charge in [-0.1, -0.05) is 38.3 Å². The predicted octanol–water partition coefficient (Wildman–Crippen LogP) is 2.44. The molecule has 4 heteroatoms. The van der Waals surface area contributed by atoms with Gasteiger partial charge in [-0.2, -0.15) is 0 Å². The van der Waals surface area contributed by atoms with Crippen LogP contribution >= 0.6 is 11.6 Å². The van der Waals surface area contributed by atoms with Crippen molar-refractivity contribution in [2.24, 2.45) is 5.92 Å². The van der Waals surface area contributed by atoms with Gasteiger partial charge in [0, 0.05) is 18.8 Å². The standard InChI is InChI=1S/C13H20ClNO2/c1-3-9(4-2)13(17)12(16)7-10-5-6-15-8-11(10)14/h5-6,8-9,12-13,16-17H,3-4,7H2,1-2H3. The van der Waals surface area contributed by atoms with Gasteiger partial charge in [0.15, 0.2) is 0 Å². The van der Waals surface area contributed by atoms with Crippen molar-refractivity contribution in [2.45, 2.75) is 45.3 Å². The Labute approximate surface area is 107 Å². The van der Waals surface area contributed by atoms with Gasteiger partial charge in [0.1, 0.15) is 0 Å². The fourth-order valence-corrected chi connectivity index (χ4v) is 2.20. The fraction of sp³-hybridized carbons (Fsp3) is 0.615. The average Bonchev–Trinajstić information content (AvgIpc) is 2.33. The number of aromatic nitrogens is 1. The quantitative estimate of drug-likeness (QED) is 0.823. The zero-order valence-corrected chi connectivity index (χ0v) is 11.1. The number of aliphatic hydroxyl groups is 2. The molecular weight excluding hydrogens is 238 g/mol. The summed E-state index contributed by atoms with van der Waals surface area (Å²) < 4.78 is 0. The average molecular weight is 258 g/mol. The largest absolute Gasteiger partial charge is 0.390 e. The van der Waals surface area contributed by atoms with Gasteiger partial charge >= 0.3 is 0 Å². The Hall–Kier alpha value is -0.640. The molecule has 2 N–H and O–H groups in total. The van der Waals surface area contributed by atoms with Crippen molar-refractivity contribution in [3.63, 3.8) is 0 Å². The van der Waals surface area contributed by atoms with Crippen molar-refractivity contribution in [3.05, 3.63) is 29.0 Å². The van der Waals surface area contributed by atoms with E-state index in [0.29, 0.717) is 11.4 Å². The van der Waals surface area contributed by atoms with Crippen molar-refractivity contribution < 1.29 is 10.2 Å². The first-order valence-corrected chi connectivity index (χ1v) is 6.42. The second-order valence-corrected chi connectivity index (χ2v) is 4.71. The van der Waals surface area contributed by atoms with Crippen LogP contribution < -0.4 is 0 Å². The van der Waals surface area contributed by atoms with Crippen LogP contribution in [0.2, 0.25) is 5.02 Å². The van der Waals surface area contributed by atoms with E-state index in [9.17, 15) is 10.2 Å². The second kappa shape index (κ2) is 6.94. The van der Waals surface area contributed by atoms with Gasteiger partial charge in [0.25, 0.3) is 0 Å². The Bertz CT molecular complexity index is 342. The smallest absolute Gasteiger partial charge is 0.0842 e. The highest BCUT2D eigenvalue weighted by molar-refractivity contribution is 6.31. The van der Waals surface area contributed by atoms with E-state index in [4.69, 9.17) is 11.6 Å². The molecule has 2 unspecified atom stereocenters. The summed E-state index contributed by atoms with van der Waals surface area (Å²) in [5.41, 5.74) is 0.819. The maximum Gasteiger partial charge on any atom is 0.0842 e. The lowest BCUT2D eigenvalue weighted by Gasteiger charge is -2.25. The summed E-state index contributed by atoms with van der Waals surface area (Å²) in [5.74, 6) is 0.130. The van der Waals surface area contributed by atoms with Gasteiger partial charge in [-0.15, -0.1) is 0 Å². The summed E-state index contributed by atoms with van der Waals surface area (Å²) in [6.07, 6.45) is 3.79. The number of hydrogen-bond donors (Lipinski definition) is 2. The molecule has 0 amide bonds. The summed E-state index contributed by atoms with van der Waals surface area (Å²) in [4.78, 5) is 3.89. The molecule has 0 spiro atoms. The van der Waals surface area contributed by atoms with Crippen LogP contribution in [0.5, 0.6) is 0 Å². The van der Waals surface area contributed by atoms with Crippen molar-refractivity contribution in [1.82, 2.24) is 4.98 Å². The van der Waals surface area contributed by atoms with Crippen LogP contribution in [0.4, 0.5) is 0 Å². The molecule has 1 aromatic rings. The van der Waals surface area contributed by atoms with Crippen molar-refractivity contribution in [3.8, 4) is 0 Å². The molecule has 1 aromatic heterocycles. The predicted molar refractivity (Wildman–Crippen MR) is 69.0 cm³/mol. The van der Waals surface area contributed by atoms with Crippen LogP contribution in [0.1, 0.15) is 32.3 Å². The third-order valence-electron chi connectivity index (χ3n) is 3.21.